The maximum Gasteiger partial charge on any atom is 0.332 e. The molecule has 0 radical (unpaired) electrons. The molecule has 3 rings (SSSR count). The summed E-state index contributed by atoms with van der Waals surface area (Å²) in [4.78, 5) is 36.8. The van der Waals surface area contributed by atoms with Crippen LogP contribution in [0.5, 0.6) is 0 Å². The number of aliphatic hydroxyl groups excluding tert-OH is 1. The Labute approximate surface area is 174 Å². The molecule has 2 aliphatic rings. The summed E-state index contributed by atoms with van der Waals surface area (Å²) in [6.07, 6.45) is -0.789. The molecule has 6 atom stereocenters. The van der Waals surface area contributed by atoms with E-state index >= 15 is 0 Å². The first-order valence-corrected chi connectivity index (χ1v) is 10.8. The zero-order chi connectivity index (χ0) is 21.5. The van der Waals surface area contributed by atoms with Gasteiger partial charge in [0.1, 0.15) is 6.61 Å². The summed E-state index contributed by atoms with van der Waals surface area (Å²) < 4.78 is 16.5. The average Bonchev–Trinajstić information content (AvgIpc) is 2.95. The van der Waals surface area contributed by atoms with Gasteiger partial charge in [-0.25, -0.2) is 4.79 Å². The minimum absolute atomic E-state index is 0.0906. The van der Waals surface area contributed by atoms with Gasteiger partial charge in [-0.2, -0.15) is 0 Å². The van der Waals surface area contributed by atoms with Crippen LogP contribution in [0.25, 0.3) is 0 Å². The second kappa shape index (κ2) is 8.00. The maximum absolute atomic E-state index is 12.8. The van der Waals surface area contributed by atoms with Crippen molar-refractivity contribution < 1.29 is 28.6 Å². The zero-order valence-corrected chi connectivity index (χ0v) is 17.4. The number of nitrogens with zero attached hydrogens (tertiary/aromatic N) is 2. The van der Waals surface area contributed by atoms with Gasteiger partial charge in [-0.05, 0) is 24.6 Å². The van der Waals surface area contributed by atoms with Crippen molar-refractivity contribution in [2.75, 3.05) is 5.75 Å². The average molecular weight is 445 g/mol. The van der Waals surface area contributed by atoms with Gasteiger partial charge in [0.15, 0.2) is 10.2 Å². The fourth-order valence-electron chi connectivity index (χ4n) is 3.96. The number of ether oxygens (including phenoxy) is 1. The Morgan fingerprint density at radius 2 is 2.10 bits per heavy atom. The van der Waals surface area contributed by atoms with Crippen LogP contribution in [0.4, 0.5) is 5.69 Å². The van der Waals surface area contributed by atoms with E-state index < -0.39 is 55.9 Å². The highest BCUT2D eigenvalue weighted by Gasteiger charge is 2.68. The van der Waals surface area contributed by atoms with Gasteiger partial charge in [0, 0.05) is 41.1 Å². The van der Waals surface area contributed by atoms with Gasteiger partial charge in [0.2, 0.25) is 5.91 Å². The summed E-state index contributed by atoms with van der Waals surface area (Å²) in [5.74, 6) is -1.70. The van der Waals surface area contributed by atoms with Crippen molar-refractivity contribution in [3.8, 4) is 0 Å². The molecule has 3 unspecified atom stereocenters. The Kier molecular flexibility index (Phi) is 5.98. The summed E-state index contributed by atoms with van der Waals surface area (Å²) in [6.45, 7) is 2.99. The van der Waals surface area contributed by atoms with E-state index in [1.807, 2.05) is 0 Å². The SMILES string of the molecule is CCS(=O)C1(Cl)C[C@@H]2[C@@H]([C@@H](C)O)C(=O)N2C1C(=O)OCc1ccc([N+](=O)[O-])cc1. The Morgan fingerprint density at radius 3 is 2.62 bits per heavy atom. The van der Waals surface area contributed by atoms with Crippen LogP contribution in [-0.4, -0.2) is 59.2 Å². The Balaban J connectivity index is 1.78. The molecule has 9 nitrogen and oxygen atoms in total. The van der Waals surface area contributed by atoms with Crippen molar-refractivity contribution in [2.24, 2.45) is 5.92 Å². The van der Waals surface area contributed by atoms with E-state index in [-0.39, 0.29) is 24.5 Å². The summed E-state index contributed by atoms with van der Waals surface area (Å²) in [7, 11) is -1.61. The predicted octanol–water partition coefficient (Wildman–Crippen LogP) is 1.32. The van der Waals surface area contributed by atoms with Crippen LogP contribution >= 0.6 is 11.6 Å². The number of carbonyl (C=O) groups is 2. The first-order chi connectivity index (χ1) is 13.6. The molecular formula is C18H21ClN2O7S. The standard InChI is InChI=1S/C18H21ClN2O7S/c1-3-29(27)18(19)8-13-14(10(2)22)16(23)20(13)15(18)17(24)28-9-11-4-6-12(7-5-11)21(25)26/h4-7,10,13-15,22H,3,8-9H2,1-2H3/t10-,13-,14-,15?,18?,29?/m1/s1. The number of non-ortho nitro benzene ring substituents is 1. The van der Waals surface area contributed by atoms with Crippen LogP contribution < -0.4 is 0 Å². The summed E-state index contributed by atoms with van der Waals surface area (Å²) >= 11 is 6.63. The molecule has 0 spiro atoms. The fourth-order valence-corrected chi connectivity index (χ4v) is 5.94. The van der Waals surface area contributed by atoms with E-state index in [1.54, 1.807) is 6.92 Å². The summed E-state index contributed by atoms with van der Waals surface area (Å²) in [5, 5.41) is 20.6. The lowest BCUT2D eigenvalue weighted by molar-refractivity contribution is -0.384. The molecule has 2 fully saturated rings. The number of nitro groups is 1. The molecule has 1 amide bonds. The van der Waals surface area contributed by atoms with Crippen molar-refractivity contribution in [1.29, 1.82) is 0 Å². The van der Waals surface area contributed by atoms with Gasteiger partial charge < -0.3 is 14.7 Å². The van der Waals surface area contributed by atoms with Crippen molar-refractivity contribution in [3.63, 3.8) is 0 Å². The topological polar surface area (TPSA) is 127 Å². The first kappa shape index (κ1) is 21.7. The number of aliphatic hydroxyl groups is 1. The maximum atomic E-state index is 12.8. The number of esters is 1. The number of hydrogen-bond donors (Lipinski definition) is 1. The van der Waals surface area contributed by atoms with Gasteiger partial charge in [0.25, 0.3) is 5.69 Å². The molecule has 29 heavy (non-hydrogen) atoms. The van der Waals surface area contributed by atoms with Crippen LogP contribution in [0, 0.1) is 16.0 Å². The predicted molar refractivity (Wildman–Crippen MR) is 104 cm³/mol. The summed E-state index contributed by atoms with van der Waals surface area (Å²) in [6, 6.07) is 3.79. The second-order valence-corrected chi connectivity index (χ2v) is 10.0. The van der Waals surface area contributed by atoms with Gasteiger partial charge in [-0.3, -0.25) is 19.1 Å². The van der Waals surface area contributed by atoms with E-state index in [4.69, 9.17) is 16.3 Å². The van der Waals surface area contributed by atoms with Crippen LogP contribution in [0.15, 0.2) is 24.3 Å². The van der Waals surface area contributed by atoms with Crippen LogP contribution in [0.1, 0.15) is 25.8 Å². The number of carbonyl (C=O) groups excluding carboxylic acids is 2. The Morgan fingerprint density at radius 1 is 1.48 bits per heavy atom. The van der Waals surface area contributed by atoms with E-state index in [2.05, 4.69) is 0 Å². The van der Waals surface area contributed by atoms with Gasteiger partial charge >= 0.3 is 5.97 Å². The smallest absolute Gasteiger partial charge is 0.332 e. The lowest BCUT2D eigenvalue weighted by Crippen LogP contribution is -2.65. The number of fused-ring (bicyclic) bond motifs is 1. The molecule has 2 saturated heterocycles. The number of nitro benzene ring substituents is 1. The quantitative estimate of drug-likeness (QED) is 0.221. The van der Waals surface area contributed by atoms with Crippen LogP contribution in [-0.2, 0) is 31.7 Å². The molecule has 1 aromatic rings. The van der Waals surface area contributed by atoms with Gasteiger partial charge in [-0.15, -0.1) is 11.6 Å². The molecule has 1 aromatic carbocycles. The van der Waals surface area contributed by atoms with E-state index in [0.717, 1.165) is 0 Å². The molecule has 2 heterocycles. The molecule has 0 saturated carbocycles. The van der Waals surface area contributed by atoms with Gasteiger partial charge in [0.05, 0.1) is 16.9 Å². The largest absolute Gasteiger partial charge is 0.459 e. The lowest BCUT2D eigenvalue weighted by atomic mass is 9.84. The highest BCUT2D eigenvalue weighted by molar-refractivity contribution is 7.88. The van der Waals surface area contributed by atoms with Crippen molar-refractivity contribution in [3.05, 3.63) is 39.9 Å². The number of hydrogen-bond acceptors (Lipinski definition) is 7. The number of β-lactam (4-membered cyclic amide) rings is 1. The minimum Gasteiger partial charge on any atom is -0.459 e. The van der Waals surface area contributed by atoms with Crippen molar-refractivity contribution in [2.45, 2.75) is 49.3 Å². The van der Waals surface area contributed by atoms with Crippen molar-refractivity contribution >= 4 is 40.0 Å². The molecule has 11 heteroatoms. The third-order valence-electron chi connectivity index (χ3n) is 5.40. The highest BCUT2D eigenvalue weighted by Crippen LogP contribution is 2.51. The van der Waals surface area contributed by atoms with E-state index in [1.165, 1.54) is 36.1 Å². The first-order valence-electron chi connectivity index (χ1n) is 9.09. The zero-order valence-electron chi connectivity index (χ0n) is 15.8. The normalized spacial score (nSPS) is 30.3. The Bertz CT molecular complexity index is 862. The number of amides is 1. The highest BCUT2D eigenvalue weighted by atomic mass is 35.5. The van der Waals surface area contributed by atoms with Crippen LogP contribution in [0.3, 0.4) is 0 Å². The Hall–Kier alpha value is -2.04. The summed E-state index contributed by atoms with van der Waals surface area (Å²) in [5.41, 5.74) is 0.430. The molecule has 1 N–H and O–H groups in total. The van der Waals surface area contributed by atoms with Crippen LogP contribution in [0.2, 0.25) is 0 Å². The fraction of sp³-hybridized carbons (Fsp3) is 0.556. The second-order valence-electron chi connectivity index (χ2n) is 7.14. The number of halogens is 1. The molecular weight excluding hydrogens is 424 g/mol. The number of benzene rings is 1. The minimum atomic E-state index is -1.61. The van der Waals surface area contributed by atoms with Gasteiger partial charge in [-0.1, -0.05) is 6.92 Å². The van der Waals surface area contributed by atoms with Crippen molar-refractivity contribution in [1.82, 2.24) is 4.90 Å². The van der Waals surface area contributed by atoms with E-state index in [0.29, 0.717) is 5.56 Å². The van der Waals surface area contributed by atoms with E-state index in [9.17, 15) is 29.0 Å². The monoisotopic (exact) mass is 444 g/mol. The number of alkyl halides is 1. The molecule has 0 aliphatic carbocycles. The lowest BCUT2D eigenvalue weighted by Gasteiger charge is -2.45. The molecule has 158 valence electrons. The molecule has 0 bridgehead atoms. The third-order valence-corrected chi connectivity index (χ3v) is 7.95. The molecule has 0 aromatic heterocycles. The number of rotatable bonds is 7. The third kappa shape index (κ3) is 3.64. The molecule has 2 aliphatic heterocycles.